The van der Waals surface area contributed by atoms with Crippen LogP contribution in [0.25, 0.3) is 11.0 Å². The van der Waals surface area contributed by atoms with E-state index in [2.05, 4.69) is 9.97 Å². The molecule has 0 aliphatic heterocycles. The molecule has 0 spiro atoms. The number of aliphatic hydroxyl groups is 1. The highest BCUT2D eigenvalue weighted by molar-refractivity contribution is 7.99. The van der Waals surface area contributed by atoms with Gasteiger partial charge in [-0.05, 0) is 25.5 Å². The van der Waals surface area contributed by atoms with Crippen LogP contribution in [-0.4, -0.2) is 39.6 Å². The summed E-state index contributed by atoms with van der Waals surface area (Å²) in [5.74, 6) is 0.823. The van der Waals surface area contributed by atoms with E-state index in [1.807, 2.05) is 32.0 Å². The summed E-state index contributed by atoms with van der Waals surface area (Å²) in [6.07, 6.45) is 0.826. The van der Waals surface area contributed by atoms with Gasteiger partial charge in [0.25, 0.3) is 0 Å². The lowest BCUT2D eigenvalue weighted by Crippen LogP contribution is -2.34. The number of nitrogens with zero attached hydrogens (tertiary/aromatic N) is 1. The molecule has 0 aliphatic rings. The van der Waals surface area contributed by atoms with Crippen LogP contribution in [0, 0.1) is 0 Å². The summed E-state index contributed by atoms with van der Waals surface area (Å²) in [7, 11) is 0. The van der Waals surface area contributed by atoms with Crippen molar-refractivity contribution in [2.75, 3.05) is 13.2 Å². The van der Waals surface area contributed by atoms with Crippen molar-refractivity contribution in [3.8, 4) is 5.75 Å². The van der Waals surface area contributed by atoms with Crippen LogP contribution < -0.4 is 10.5 Å². The molecule has 5 nitrogen and oxygen atoms in total. The average molecular weight is 295 g/mol. The van der Waals surface area contributed by atoms with Crippen molar-refractivity contribution < 1.29 is 9.84 Å². The number of thioether (sulfide) groups is 1. The van der Waals surface area contributed by atoms with E-state index in [0.717, 1.165) is 28.4 Å². The SMILES string of the molecule is CCOc1ccc2nc(SC(CO)C(N)CC)[nH]c2c1. The molecule has 4 N–H and O–H groups in total. The van der Waals surface area contributed by atoms with Crippen LogP contribution >= 0.6 is 11.8 Å². The van der Waals surface area contributed by atoms with Gasteiger partial charge in [-0.1, -0.05) is 18.7 Å². The highest BCUT2D eigenvalue weighted by atomic mass is 32.2. The largest absolute Gasteiger partial charge is 0.494 e. The molecule has 2 aromatic rings. The average Bonchev–Trinajstić information content (AvgIpc) is 2.86. The zero-order valence-corrected chi connectivity index (χ0v) is 12.6. The van der Waals surface area contributed by atoms with Crippen molar-refractivity contribution in [3.63, 3.8) is 0 Å². The van der Waals surface area contributed by atoms with E-state index in [-0.39, 0.29) is 17.9 Å². The molecule has 0 radical (unpaired) electrons. The number of ether oxygens (including phenoxy) is 1. The monoisotopic (exact) mass is 295 g/mol. The van der Waals surface area contributed by atoms with E-state index < -0.39 is 0 Å². The molecular weight excluding hydrogens is 274 g/mol. The minimum absolute atomic E-state index is 0.0426. The van der Waals surface area contributed by atoms with Gasteiger partial charge in [0.2, 0.25) is 0 Å². The highest BCUT2D eigenvalue weighted by Crippen LogP contribution is 2.27. The first kappa shape index (κ1) is 15.2. The maximum Gasteiger partial charge on any atom is 0.166 e. The van der Waals surface area contributed by atoms with Crippen molar-refractivity contribution in [3.05, 3.63) is 18.2 Å². The van der Waals surface area contributed by atoms with Crippen LogP contribution in [0.15, 0.2) is 23.4 Å². The quantitative estimate of drug-likeness (QED) is 0.682. The number of imidazole rings is 1. The number of aromatic amines is 1. The van der Waals surface area contributed by atoms with Gasteiger partial charge in [-0.25, -0.2) is 4.98 Å². The summed E-state index contributed by atoms with van der Waals surface area (Å²) >= 11 is 1.48. The van der Waals surface area contributed by atoms with Crippen molar-refractivity contribution in [2.45, 2.75) is 36.7 Å². The number of aliphatic hydroxyl groups excluding tert-OH is 1. The van der Waals surface area contributed by atoms with Gasteiger partial charge in [-0.3, -0.25) is 0 Å². The maximum absolute atomic E-state index is 9.42. The summed E-state index contributed by atoms with van der Waals surface area (Å²) in [5.41, 5.74) is 7.81. The molecule has 0 saturated carbocycles. The number of hydrogen-bond acceptors (Lipinski definition) is 5. The van der Waals surface area contributed by atoms with Crippen LogP contribution in [0.2, 0.25) is 0 Å². The van der Waals surface area contributed by atoms with E-state index in [1.165, 1.54) is 11.8 Å². The molecule has 0 bridgehead atoms. The molecule has 0 saturated heterocycles. The number of rotatable bonds is 7. The fourth-order valence-corrected chi connectivity index (χ4v) is 2.99. The summed E-state index contributed by atoms with van der Waals surface area (Å²) < 4.78 is 5.47. The molecule has 0 fully saturated rings. The third-order valence-corrected chi connectivity index (χ3v) is 4.35. The Morgan fingerprint density at radius 1 is 1.45 bits per heavy atom. The number of fused-ring (bicyclic) bond motifs is 1. The Morgan fingerprint density at radius 2 is 2.25 bits per heavy atom. The summed E-state index contributed by atoms with van der Waals surface area (Å²) in [6, 6.07) is 5.72. The third-order valence-electron chi connectivity index (χ3n) is 3.13. The van der Waals surface area contributed by atoms with Gasteiger partial charge in [-0.2, -0.15) is 0 Å². The maximum atomic E-state index is 9.42. The number of H-pyrrole nitrogens is 1. The molecule has 2 rings (SSSR count). The molecule has 0 aliphatic carbocycles. The second kappa shape index (κ2) is 6.97. The smallest absolute Gasteiger partial charge is 0.166 e. The molecule has 20 heavy (non-hydrogen) atoms. The second-order valence-corrected chi connectivity index (χ2v) is 5.79. The van der Waals surface area contributed by atoms with Crippen LogP contribution in [0.5, 0.6) is 5.75 Å². The number of aromatic nitrogens is 2. The van der Waals surface area contributed by atoms with Gasteiger partial charge in [0.1, 0.15) is 5.75 Å². The summed E-state index contributed by atoms with van der Waals surface area (Å²) in [6.45, 7) is 4.65. The van der Waals surface area contributed by atoms with E-state index >= 15 is 0 Å². The molecule has 0 amide bonds. The topological polar surface area (TPSA) is 84.2 Å². The Bertz CT molecular complexity index is 558. The minimum atomic E-state index is -0.0491. The lowest BCUT2D eigenvalue weighted by Gasteiger charge is -2.18. The van der Waals surface area contributed by atoms with Gasteiger partial charge < -0.3 is 20.6 Å². The fraction of sp³-hybridized carbons (Fsp3) is 0.500. The molecule has 110 valence electrons. The van der Waals surface area contributed by atoms with Crippen molar-refractivity contribution >= 4 is 22.8 Å². The Labute approximate surface area is 122 Å². The number of benzene rings is 1. The van der Waals surface area contributed by atoms with Gasteiger partial charge in [0.05, 0.1) is 29.5 Å². The van der Waals surface area contributed by atoms with Gasteiger partial charge in [0, 0.05) is 12.1 Å². The fourth-order valence-electron chi connectivity index (χ4n) is 1.94. The molecule has 2 unspecified atom stereocenters. The van der Waals surface area contributed by atoms with Crippen molar-refractivity contribution in [2.24, 2.45) is 5.73 Å². The van der Waals surface area contributed by atoms with Crippen LogP contribution in [-0.2, 0) is 0 Å². The first-order valence-electron chi connectivity index (χ1n) is 6.83. The van der Waals surface area contributed by atoms with Crippen LogP contribution in [0.1, 0.15) is 20.3 Å². The highest BCUT2D eigenvalue weighted by Gasteiger charge is 2.18. The van der Waals surface area contributed by atoms with Gasteiger partial charge >= 0.3 is 0 Å². The van der Waals surface area contributed by atoms with Crippen molar-refractivity contribution in [1.29, 1.82) is 0 Å². The predicted octanol–water partition coefficient (Wildman–Crippen LogP) is 2.15. The van der Waals surface area contributed by atoms with Gasteiger partial charge in [-0.15, -0.1) is 0 Å². The summed E-state index contributed by atoms with van der Waals surface area (Å²) in [5, 5.41) is 10.1. The van der Waals surface area contributed by atoms with E-state index in [1.54, 1.807) is 0 Å². The standard InChI is InChI=1S/C14H21N3O2S/c1-3-10(15)13(8-18)20-14-16-11-6-5-9(19-4-2)7-12(11)17-14/h5-7,10,13,18H,3-4,8,15H2,1-2H3,(H,16,17). The number of nitrogens with one attached hydrogen (secondary N) is 1. The lowest BCUT2D eigenvalue weighted by molar-refractivity contribution is 0.281. The van der Waals surface area contributed by atoms with E-state index in [9.17, 15) is 5.11 Å². The predicted molar refractivity (Wildman–Crippen MR) is 82.3 cm³/mol. The molecule has 2 atom stereocenters. The second-order valence-electron chi connectivity index (χ2n) is 4.56. The number of nitrogens with two attached hydrogens (primary N) is 1. The molecule has 1 heterocycles. The lowest BCUT2D eigenvalue weighted by atomic mass is 10.2. The molecular formula is C14H21N3O2S. The summed E-state index contributed by atoms with van der Waals surface area (Å²) in [4.78, 5) is 7.75. The number of hydrogen-bond donors (Lipinski definition) is 3. The zero-order valence-electron chi connectivity index (χ0n) is 11.8. The normalized spacial score (nSPS) is 14.4. The minimum Gasteiger partial charge on any atom is -0.494 e. The van der Waals surface area contributed by atoms with Crippen LogP contribution in [0.3, 0.4) is 0 Å². The van der Waals surface area contributed by atoms with Crippen molar-refractivity contribution in [1.82, 2.24) is 9.97 Å². The molecule has 1 aromatic heterocycles. The van der Waals surface area contributed by atoms with E-state index in [4.69, 9.17) is 10.5 Å². The molecule has 6 heteroatoms. The Hall–Kier alpha value is -1.24. The van der Waals surface area contributed by atoms with E-state index in [0.29, 0.717) is 6.61 Å². The first-order chi connectivity index (χ1) is 9.67. The van der Waals surface area contributed by atoms with Gasteiger partial charge in [0.15, 0.2) is 5.16 Å². The molecule has 1 aromatic carbocycles. The Balaban J connectivity index is 2.18. The third kappa shape index (κ3) is 3.45. The zero-order chi connectivity index (χ0) is 14.5. The Morgan fingerprint density at radius 3 is 2.90 bits per heavy atom. The first-order valence-corrected chi connectivity index (χ1v) is 7.71. The van der Waals surface area contributed by atoms with Crippen LogP contribution in [0.4, 0.5) is 0 Å². The Kier molecular flexibility index (Phi) is 5.28.